The average Bonchev–Trinajstić information content (AvgIpc) is 1.65. The molecule has 2 amide bonds. The third-order valence-electron chi connectivity index (χ3n) is 19.1. The van der Waals surface area contributed by atoms with Crippen molar-refractivity contribution in [1.82, 2.24) is 83.9 Å². The Labute approximate surface area is 653 Å². The molecular weight excluding hydrogens is 1560 g/mol. The molecule has 0 bridgehead atoms. The Morgan fingerprint density at radius 3 is 1.46 bits per heavy atom. The van der Waals surface area contributed by atoms with Crippen LogP contribution in [-0.2, 0) is 35.0 Å². The summed E-state index contributed by atoms with van der Waals surface area (Å²) < 4.78 is 40.4. The lowest BCUT2D eigenvalue weighted by atomic mass is 10.0. The van der Waals surface area contributed by atoms with Crippen molar-refractivity contribution < 1.29 is 48.3 Å². The van der Waals surface area contributed by atoms with Crippen LogP contribution in [-0.4, -0.2) is 163 Å². The van der Waals surface area contributed by atoms with Gasteiger partial charge >= 0.3 is 17.1 Å². The molecule has 6 aromatic heterocycles. The summed E-state index contributed by atoms with van der Waals surface area (Å²) >= 11 is 15.4. The van der Waals surface area contributed by atoms with Crippen LogP contribution in [0.15, 0.2) is 204 Å². The number of H-pyrrole nitrogens is 3. The molecule has 32 nitrogen and oxygen atoms in total. The van der Waals surface area contributed by atoms with Crippen LogP contribution in [0.3, 0.4) is 0 Å². The number of aliphatic hydroxyl groups is 3. The summed E-state index contributed by atoms with van der Waals surface area (Å²) in [6, 6.07) is 31.7. The first kappa shape index (κ1) is 80.2. The Morgan fingerprint density at radius 2 is 1.00 bits per heavy atom. The lowest BCUT2D eigenvalue weighted by Crippen LogP contribution is -2.33. The molecule has 4 aliphatic rings. The zero-order valence-corrected chi connectivity index (χ0v) is 63.5. The Morgan fingerprint density at radius 1 is 0.562 bits per heavy atom. The maximum Gasteiger partial charge on any atom is 0.330 e. The van der Waals surface area contributed by atoms with E-state index in [1.54, 1.807) is 96.9 Å². The van der Waals surface area contributed by atoms with Gasteiger partial charge < -0.3 is 39.7 Å². The summed E-state index contributed by atoms with van der Waals surface area (Å²) in [6.07, 6.45) is 12.4. The van der Waals surface area contributed by atoms with E-state index < -0.39 is 70.7 Å². The van der Waals surface area contributed by atoms with E-state index in [4.69, 9.17) is 37.4 Å². The number of ether oxygens (including phenoxy) is 3. The molecule has 7 N–H and O–H groups in total. The van der Waals surface area contributed by atoms with Crippen LogP contribution in [0, 0.1) is 26.6 Å². The molecule has 0 saturated carbocycles. The van der Waals surface area contributed by atoms with Gasteiger partial charge in [-0.2, -0.15) is 0 Å². The van der Waals surface area contributed by atoms with Gasteiger partial charge in [-0.05, 0) is 92.6 Å². The molecule has 4 aliphatic heterocycles. The number of Topliss-reactive ketones (excluding diaryl/α,β-unsaturated/α-hetero) is 1. The van der Waals surface area contributed by atoms with Gasteiger partial charge in [0.25, 0.3) is 16.7 Å². The largest absolute Gasteiger partial charge is 0.394 e. The number of aliphatic hydroxyl groups excluding tert-OH is 3. The number of amides is 2. The first-order valence-corrected chi connectivity index (χ1v) is 36.8. The monoisotopic (exact) mass is 1630 g/mol. The zero-order chi connectivity index (χ0) is 79.6. The highest BCUT2D eigenvalue weighted by Crippen LogP contribution is 2.40. The van der Waals surface area contributed by atoms with E-state index in [9.17, 15) is 62.9 Å². The second kappa shape index (κ2) is 35.8. The molecule has 9 atom stereocenters. The van der Waals surface area contributed by atoms with E-state index in [2.05, 4.69) is 67.1 Å². The van der Waals surface area contributed by atoms with Crippen molar-refractivity contribution in [2.24, 2.45) is 0 Å². The molecule has 0 aliphatic carbocycles. The second-order valence-electron chi connectivity index (χ2n) is 26.7. The molecule has 0 spiro atoms. The van der Waals surface area contributed by atoms with E-state index in [1.807, 2.05) is 78.9 Å². The average molecular weight is 1640 g/mol. The molecule has 3 fully saturated rings. The van der Waals surface area contributed by atoms with Crippen molar-refractivity contribution in [1.29, 1.82) is 0 Å². The van der Waals surface area contributed by atoms with Crippen LogP contribution in [0.25, 0.3) is 44.5 Å². The molecule has 112 heavy (non-hydrogen) atoms. The number of ketones is 1. The Hall–Kier alpha value is -11.3. The van der Waals surface area contributed by atoms with Gasteiger partial charge in [0.1, 0.15) is 59.9 Å². The number of nitrogens with one attached hydrogen (secondary N) is 4. The minimum atomic E-state index is -0.663. The number of aromatic amines is 3. The highest BCUT2D eigenvalue weighted by Gasteiger charge is 2.41. The molecule has 582 valence electrons. The predicted molar refractivity (Wildman–Crippen MR) is 411 cm³/mol. The third kappa shape index (κ3) is 18.8. The molecule has 0 radical (unpaired) electrons. The van der Waals surface area contributed by atoms with E-state index in [-0.39, 0.29) is 67.8 Å². The lowest BCUT2D eigenvalue weighted by molar-refractivity contribution is -0.133. The quantitative estimate of drug-likeness (QED) is 0.0341. The van der Waals surface area contributed by atoms with Gasteiger partial charge in [-0.15, -0.1) is 15.3 Å². The summed E-state index contributed by atoms with van der Waals surface area (Å²) in [5, 5.41) is 60.1. The fraction of sp³-hybridized carbons (Fsp3) is 0.303. The molecule has 36 heteroatoms. The molecule has 15 rings (SSSR count). The number of aryl methyl sites for hydroxylation is 3. The smallest absolute Gasteiger partial charge is 0.330 e. The highest BCUT2D eigenvalue weighted by atomic mass is 79.9. The number of fused-ring (bicyclic) bond motifs is 1. The van der Waals surface area contributed by atoms with Crippen LogP contribution >= 0.6 is 39.1 Å². The summed E-state index contributed by atoms with van der Waals surface area (Å²) in [5.41, 5.74) is 3.95. The minimum Gasteiger partial charge on any atom is -0.394 e. The van der Waals surface area contributed by atoms with Crippen molar-refractivity contribution in [2.45, 2.75) is 115 Å². The van der Waals surface area contributed by atoms with Crippen molar-refractivity contribution in [3.63, 3.8) is 0 Å². The lowest BCUT2D eigenvalue weighted by Gasteiger charge is -2.21. The number of allylic oxidation sites excluding steroid dienone is 1. The summed E-state index contributed by atoms with van der Waals surface area (Å²) in [6.45, 7) is 6.54. The predicted octanol–water partition coefficient (Wildman–Crippen LogP) is 6.84. The summed E-state index contributed by atoms with van der Waals surface area (Å²) in [7, 11) is 0. The maximum atomic E-state index is 13.1. The number of carbonyl (C=O) groups excluding carboxylic acids is 3. The van der Waals surface area contributed by atoms with E-state index in [0.717, 1.165) is 31.9 Å². The number of hydrogen-bond acceptors (Lipinski definition) is 21. The Bertz CT molecular complexity index is 5530. The second-order valence-corrected chi connectivity index (χ2v) is 28.5. The van der Waals surface area contributed by atoms with Gasteiger partial charge in [0.05, 0.1) is 79.4 Å². The van der Waals surface area contributed by atoms with Crippen LogP contribution in [0.2, 0.25) is 10.0 Å². The molecule has 1 unspecified atom stereocenters. The first-order valence-electron chi connectivity index (χ1n) is 35.2. The molecule has 11 aromatic rings. The van der Waals surface area contributed by atoms with E-state index in [1.165, 1.54) is 49.3 Å². The minimum absolute atomic E-state index is 0.0496. The fourth-order valence-corrected chi connectivity index (χ4v) is 13.6. The van der Waals surface area contributed by atoms with E-state index >= 15 is 0 Å². The first-order chi connectivity index (χ1) is 53.8. The highest BCUT2D eigenvalue weighted by molar-refractivity contribution is 9.10. The number of nitrogens with zero attached hydrogens (tertiary/aromatic N) is 13. The van der Waals surface area contributed by atoms with Crippen molar-refractivity contribution in [2.75, 3.05) is 32.9 Å². The number of carbonyl (C=O) groups is 3. The van der Waals surface area contributed by atoms with Crippen molar-refractivity contribution in [3.05, 3.63) is 275 Å². The summed E-state index contributed by atoms with van der Waals surface area (Å²) in [4.78, 5) is 115. The van der Waals surface area contributed by atoms with Gasteiger partial charge in [0.2, 0.25) is 11.8 Å². The normalized spacial score (nSPS) is 20.1. The standard InChI is InChI=1S/C22H22N2O3.C18H18BrN5O4.C18H17Cl2N5O4.C18H18FN5O4/c1-16-15-24(22(27)14-20(16)25)12-5-4-11-23-21(26)13-18-9-6-8-17-7-2-3-10-19(17)18;1-10-7-23(18(27)20-17(10)26)16-6-14(15(9-25)28-16)24-8-13(21-22-24)11-2-4-12(19)5-3-11;1-9-6-24(18(28)21-17(9)27)16-5-14(15(8-26)29-16)25-7-13(22-23-25)10-2-3-11(19)12(20)4-10;1-10-7-23(18(27)20-17(10)26)16-6-14(15(9-25)28-16)24-8-13(21-22-24)11-2-4-12(19)5-3-11/h2-10,15H,11-14H2,1H3,(H,23,26);2-5,7-8,14-16,25H,6,9H2,1H3,(H,20,26,27);2-4,6-7,14-16,26H,5,8H2,1H3,(H,21,27,28);2-5,7-8,14-16,25H,6,9H2,1H3,(H,20,26,27)/b5-4-;;;/t;14-,15+,16-;14-,15-,16-;14-,15+,16?/m.000/s1. The van der Waals surface area contributed by atoms with Crippen LogP contribution < -0.4 is 39.1 Å². The van der Waals surface area contributed by atoms with Crippen LogP contribution in [0.4, 0.5) is 4.39 Å². The number of halogens is 4. The molecule has 5 aromatic carbocycles. The SMILES string of the molecule is CC1=CN(C/C=C\CNC(=O)Cc2cccc3ccccc23)C(=O)CC1=O.Cc1cn(C2C[C@H](n3cc(-c4ccc(F)cc4)nn3)[C@@H](CO)O2)c(=O)[nH]c1=O.Cc1cn([C@@H]2C[C@H](n3cc(-c4ccc(Br)cc4)nn3)[C@@H](CO)O2)c(=O)[nH]c1=O.Cc1cn([C@@H]2C[C@H](n3cc(-c4ccc(Cl)c(Cl)c4)nn3)[C@H](CO)O2)c(=O)[nH]c1=O. The number of aromatic nitrogens is 15. The van der Waals surface area contributed by atoms with Crippen LogP contribution in [0.5, 0.6) is 0 Å². The van der Waals surface area contributed by atoms with Crippen molar-refractivity contribution >= 4 is 67.5 Å². The molecule has 3 saturated heterocycles. The number of benzene rings is 5. The topological polar surface area (TPSA) is 412 Å². The van der Waals surface area contributed by atoms with Crippen LogP contribution in [0.1, 0.15) is 91.7 Å². The van der Waals surface area contributed by atoms with Gasteiger partial charge in [-0.25, -0.2) is 32.8 Å². The van der Waals surface area contributed by atoms with E-state index in [0.29, 0.717) is 93.7 Å². The van der Waals surface area contributed by atoms with Gasteiger partial charge in [-0.3, -0.25) is 57.4 Å². The Kier molecular flexibility index (Phi) is 25.6. The van der Waals surface area contributed by atoms with Gasteiger partial charge in [-0.1, -0.05) is 128 Å². The maximum absolute atomic E-state index is 13.1. The number of hydrogen-bond donors (Lipinski definition) is 7. The fourth-order valence-electron chi connectivity index (χ4n) is 13.0. The third-order valence-corrected chi connectivity index (χ3v) is 20.4. The molecular formula is C76H75BrCl2FN17O15. The zero-order valence-electron chi connectivity index (χ0n) is 60.4. The molecule has 10 heterocycles. The number of rotatable bonds is 18. The van der Waals surface area contributed by atoms with Crippen molar-refractivity contribution in [3.8, 4) is 33.8 Å². The summed E-state index contributed by atoms with van der Waals surface area (Å²) in [5.74, 6) is -0.715. The Balaban J connectivity index is 0.000000139. The van der Waals surface area contributed by atoms with Gasteiger partial charge in [0.15, 0.2) is 5.78 Å². The van der Waals surface area contributed by atoms with Gasteiger partial charge in [0, 0.05) is 101 Å².